The van der Waals surface area contributed by atoms with Gasteiger partial charge in [-0.1, -0.05) is 24.3 Å². The first-order valence-electron chi connectivity index (χ1n) is 4.96. The highest BCUT2D eigenvalue weighted by atomic mass is 19.2. The van der Waals surface area contributed by atoms with Crippen molar-refractivity contribution in [3.8, 4) is 5.75 Å². The van der Waals surface area contributed by atoms with Gasteiger partial charge in [0.05, 0.1) is 5.69 Å². The second-order valence-electron chi connectivity index (χ2n) is 3.44. The van der Waals surface area contributed by atoms with Crippen LogP contribution < -0.4 is 5.73 Å². The average molecular weight is 237 g/mol. The molecule has 0 aliphatic heterocycles. The number of rotatable bonds is 0. The quantitative estimate of drug-likeness (QED) is 0.691. The molecule has 2 nitrogen and oxygen atoms in total. The van der Waals surface area contributed by atoms with Crippen LogP contribution in [0.1, 0.15) is 5.56 Å². The number of aromatic hydroxyl groups is 1. The van der Waals surface area contributed by atoms with Gasteiger partial charge in [-0.2, -0.15) is 0 Å². The van der Waals surface area contributed by atoms with Crippen LogP contribution in [-0.2, 0) is 0 Å². The van der Waals surface area contributed by atoms with Gasteiger partial charge in [0.25, 0.3) is 0 Å². The molecule has 17 heavy (non-hydrogen) atoms. The van der Waals surface area contributed by atoms with E-state index in [9.17, 15) is 8.78 Å². The number of nitrogen functional groups attached to an aromatic ring is 1. The molecule has 4 heteroatoms. The Morgan fingerprint density at radius 2 is 1.53 bits per heavy atom. The second-order valence-corrected chi connectivity index (χ2v) is 3.44. The summed E-state index contributed by atoms with van der Waals surface area (Å²) in [4.78, 5) is 0. The minimum atomic E-state index is -0.958. The Kier molecular flexibility index (Phi) is 4.46. The van der Waals surface area contributed by atoms with E-state index in [0.717, 1.165) is 0 Å². The summed E-state index contributed by atoms with van der Waals surface area (Å²) in [5.74, 6) is -1.50. The van der Waals surface area contributed by atoms with Gasteiger partial charge in [0, 0.05) is 0 Å². The first kappa shape index (κ1) is 13.0. The van der Waals surface area contributed by atoms with Crippen LogP contribution in [0.2, 0.25) is 0 Å². The van der Waals surface area contributed by atoms with Gasteiger partial charge in [-0.15, -0.1) is 0 Å². The molecule has 0 saturated carbocycles. The third-order valence-electron chi connectivity index (χ3n) is 2.06. The summed E-state index contributed by atoms with van der Waals surface area (Å²) in [6.07, 6.45) is 0. The van der Waals surface area contributed by atoms with Crippen molar-refractivity contribution in [1.82, 2.24) is 0 Å². The lowest BCUT2D eigenvalue weighted by Crippen LogP contribution is -1.95. The smallest absolute Gasteiger partial charge is 0.181 e. The van der Waals surface area contributed by atoms with Gasteiger partial charge in [0.1, 0.15) is 5.75 Å². The average Bonchev–Trinajstić information content (AvgIpc) is 2.33. The number of hydrogen-bond acceptors (Lipinski definition) is 2. The molecule has 0 aliphatic carbocycles. The van der Waals surface area contributed by atoms with E-state index in [0.29, 0.717) is 5.75 Å². The van der Waals surface area contributed by atoms with Crippen LogP contribution >= 0.6 is 0 Å². The highest BCUT2D eigenvalue weighted by molar-refractivity contribution is 5.41. The lowest BCUT2D eigenvalue weighted by Gasteiger charge is -1.99. The lowest BCUT2D eigenvalue weighted by molar-refractivity contribution is 0.475. The Morgan fingerprint density at radius 1 is 0.941 bits per heavy atom. The fourth-order valence-corrected chi connectivity index (χ4v) is 1.09. The van der Waals surface area contributed by atoms with Crippen LogP contribution in [0.3, 0.4) is 0 Å². The summed E-state index contributed by atoms with van der Waals surface area (Å²) in [6.45, 7) is 1.48. The largest absolute Gasteiger partial charge is 0.508 e. The van der Waals surface area contributed by atoms with Crippen LogP contribution in [-0.4, -0.2) is 5.11 Å². The molecular formula is C13H13F2NO. The number of hydrogen-bond donors (Lipinski definition) is 2. The number of aryl methyl sites for hydroxylation is 1. The Morgan fingerprint density at radius 3 is 1.94 bits per heavy atom. The number of anilines is 1. The predicted molar refractivity (Wildman–Crippen MR) is 63.6 cm³/mol. The van der Waals surface area contributed by atoms with Crippen LogP contribution in [0, 0.1) is 18.6 Å². The zero-order valence-electron chi connectivity index (χ0n) is 9.32. The highest BCUT2D eigenvalue weighted by Crippen LogP contribution is 2.16. The molecule has 0 radical (unpaired) electrons. The van der Waals surface area contributed by atoms with Crippen LogP contribution in [0.5, 0.6) is 5.75 Å². The molecule has 2 aromatic carbocycles. The fraction of sp³-hybridized carbons (Fsp3) is 0.0769. The van der Waals surface area contributed by atoms with Gasteiger partial charge in [0.15, 0.2) is 11.6 Å². The molecule has 0 atom stereocenters. The molecule has 0 spiro atoms. The van der Waals surface area contributed by atoms with Gasteiger partial charge in [-0.25, -0.2) is 8.78 Å². The minimum Gasteiger partial charge on any atom is -0.508 e. The molecule has 2 aromatic rings. The van der Waals surface area contributed by atoms with Gasteiger partial charge in [-0.3, -0.25) is 0 Å². The first-order valence-corrected chi connectivity index (χ1v) is 4.96. The molecule has 2 rings (SSSR count). The minimum absolute atomic E-state index is 0.150. The Bertz CT molecular complexity index is 459. The van der Waals surface area contributed by atoms with E-state index in [-0.39, 0.29) is 11.3 Å². The lowest BCUT2D eigenvalue weighted by atomic mass is 10.2. The van der Waals surface area contributed by atoms with Crippen molar-refractivity contribution in [1.29, 1.82) is 0 Å². The van der Waals surface area contributed by atoms with Crippen LogP contribution in [0.4, 0.5) is 14.5 Å². The summed E-state index contributed by atoms with van der Waals surface area (Å²) in [5.41, 5.74) is 5.19. The number of halogens is 2. The number of phenolic OH excluding ortho intramolecular Hbond substituents is 1. The Balaban J connectivity index is 0.000000181. The van der Waals surface area contributed by atoms with E-state index in [1.54, 1.807) is 24.3 Å². The summed E-state index contributed by atoms with van der Waals surface area (Å²) < 4.78 is 25.0. The van der Waals surface area contributed by atoms with Gasteiger partial charge in [0.2, 0.25) is 0 Å². The molecule has 0 aliphatic rings. The fourth-order valence-electron chi connectivity index (χ4n) is 1.09. The van der Waals surface area contributed by atoms with Crippen molar-refractivity contribution >= 4 is 5.69 Å². The van der Waals surface area contributed by atoms with Crippen molar-refractivity contribution in [2.45, 2.75) is 6.92 Å². The maximum atomic E-state index is 12.5. The summed E-state index contributed by atoms with van der Waals surface area (Å²) in [6, 6.07) is 11.5. The molecule has 0 fully saturated rings. The molecule has 0 aromatic heterocycles. The predicted octanol–water partition coefficient (Wildman–Crippen LogP) is 3.25. The van der Waals surface area contributed by atoms with E-state index in [1.807, 2.05) is 6.07 Å². The zero-order valence-corrected chi connectivity index (χ0v) is 9.32. The van der Waals surface area contributed by atoms with E-state index in [2.05, 4.69) is 0 Å². The molecule has 90 valence electrons. The first-order chi connectivity index (χ1) is 8.02. The molecule has 3 N–H and O–H groups in total. The molecular weight excluding hydrogens is 224 g/mol. The second kappa shape index (κ2) is 5.84. The molecule has 0 heterocycles. The van der Waals surface area contributed by atoms with Gasteiger partial charge >= 0.3 is 0 Å². The normalized spacial score (nSPS) is 9.35. The van der Waals surface area contributed by atoms with Crippen molar-refractivity contribution in [3.63, 3.8) is 0 Å². The molecule has 0 saturated heterocycles. The third kappa shape index (κ3) is 3.75. The number of phenols is 1. The van der Waals surface area contributed by atoms with E-state index >= 15 is 0 Å². The highest BCUT2D eigenvalue weighted by Gasteiger charge is 2.06. The standard InChI is InChI=1S/C7H7F2N.C6H6O/c1-4-2-3-5(10)7(9)6(4)8;7-6-4-2-1-3-5-6/h2-3H,10H2,1H3;1-5,7H. The van der Waals surface area contributed by atoms with E-state index in [1.165, 1.54) is 19.1 Å². The van der Waals surface area contributed by atoms with Crippen molar-refractivity contribution in [2.24, 2.45) is 0 Å². The van der Waals surface area contributed by atoms with Gasteiger partial charge in [-0.05, 0) is 30.7 Å². The van der Waals surface area contributed by atoms with Crippen LogP contribution in [0.25, 0.3) is 0 Å². The van der Waals surface area contributed by atoms with Crippen molar-refractivity contribution in [3.05, 3.63) is 59.7 Å². The molecule has 0 unspecified atom stereocenters. The number of benzene rings is 2. The third-order valence-corrected chi connectivity index (χ3v) is 2.06. The monoisotopic (exact) mass is 237 g/mol. The van der Waals surface area contributed by atoms with Gasteiger partial charge < -0.3 is 10.8 Å². The van der Waals surface area contributed by atoms with Crippen molar-refractivity contribution in [2.75, 3.05) is 5.73 Å². The maximum Gasteiger partial charge on any atom is 0.181 e. The van der Waals surface area contributed by atoms with E-state index in [4.69, 9.17) is 10.8 Å². The zero-order chi connectivity index (χ0) is 12.8. The summed E-state index contributed by atoms with van der Waals surface area (Å²) in [5, 5.41) is 8.63. The van der Waals surface area contributed by atoms with Crippen LogP contribution in [0.15, 0.2) is 42.5 Å². The van der Waals surface area contributed by atoms with E-state index < -0.39 is 11.6 Å². The number of nitrogens with two attached hydrogens (primary N) is 1. The summed E-state index contributed by atoms with van der Waals surface area (Å²) >= 11 is 0. The molecule has 0 amide bonds. The topological polar surface area (TPSA) is 46.2 Å². The SMILES string of the molecule is Cc1ccc(N)c(F)c1F.Oc1ccccc1. The Labute approximate surface area is 98.3 Å². The van der Waals surface area contributed by atoms with Crippen molar-refractivity contribution < 1.29 is 13.9 Å². The maximum absolute atomic E-state index is 12.5. The Hall–Kier alpha value is -2.10. The molecule has 0 bridgehead atoms. The number of para-hydroxylation sites is 1. The summed E-state index contributed by atoms with van der Waals surface area (Å²) in [7, 11) is 0.